The average Bonchev–Trinajstić information content (AvgIpc) is 3.13. The molecular formula is C15H16N4O. The van der Waals surface area contributed by atoms with Crippen LogP contribution in [0.15, 0.2) is 28.8 Å². The van der Waals surface area contributed by atoms with E-state index in [9.17, 15) is 0 Å². The third-order valence-electron chi connectivity index (χ3n) is 3.76. The van der Waals surface area contributed by atoms with Gasteiger partial charge in [-0.05, 0) is 25.0 Å². The molecule has 0 aliphatic heterocycles. The van der Waals surface area contributed by atoms with Crippen LogP contribution < -0.4 is 0 Å². The first kappa shape index (κ1) is 11.6. The Morgan fingerprint density at radius 1 is 1.25 bits per heavy atom. The van der Waals surface area contributed by atoms with Crippen LogP contribution in [0.25, 0.3) is 11.0 Å². The quantitative estimate of drug-likeness (QED) is 0.730. The SMILES string of the molecule is CCc1nc2ccccc2n1Cc1noc(C2CC2)n1. The lowest BCUT2D eigenvalue weighted by atomic mass is 10.3. The molecule has 5 heteroatoms. The fraction of sp³-hybridized carbons (Fsp3) is 0.400. The van der Waals surface area contributed by atoms with Gasteiger partial charge in [0.15, 0.2) is 5.82 Å². The van der Waals surface area contributed by atoms with E-state index in [1.165, 1.54) is 12.8 Å². The van der Waals surface area contributed by atoms with E-state index in [-0.39, 0.29) is 0 Å². The van der Waals surface area contributed by atoms with Crippen molar-refractivity contribution in [3.05, 3.63) is 41.8 Å². The maximum Gasteiger partial charge on any atom is 0.229 e. The number of aromatic nitrogens is 4. The molecule has 4 rings (SSSR count). The Bertz CT molecular complexity index is 754. The summed E-state index contributed by atoms with van der Waals surface area (Å²) in [4.78, 5) is 9.16. The van der Waals surface area contributed by atoms with Crippen molar-refractivity contribution >= 4 is 11.0 Å². The van der Waals surface area contributed by atoms with Gasteiger partial charge in [0.05, 0.1) is 17.6 Å². The predicted molar refractivity (Wildman–Crippen MR) is 74.5 cm³/mol. The van der Waals surface area contributed by atoms with Gasteiger partial charge < -0.3 is 9.09 Å². The van der Waals surface area contributed by atoms with Crippen LogP contribution in [0.1, 0.15) is 43.2 Å². The predicted octanol–water partition coefficient (Wildman–Crippen LogP) is 2.91. The van der Waals surface area contributed by atoms with Crippen molar-refractivity contribution in [1.29, 1.82) is 0 Å². The van der Waals surface area contributed by atoms with Crippen molar-refractivity contribution in [2.75, 3.05) is 0 Å². The standard InChI is InChI=1S/C15H16N4O/c1-2-14-16-11-5-3-4-6-12(11)19(14)9-13-17-15(20-18-13)10-7-8-10/h3-6,10H,2,7-9H2,1H3. The Balaban J connectivity index is 1.72. The highest BCUT2D eigenvalue weighted by atomic mass is 16.5. The molecule has 2 aromatic heterocycles. The lowest BCUT2D eigenvalue weighted by Crippen LogP contribution is -2.05. The monoisotopic (exact) mass is 268 g/mol. The fourth-order valence-corrected chi connectivity index (χ4v) is 2.54. The third kappa shape index (κ3) is 1.90. The van der Waals surface area contributed by atoms with Crippen molar-refractivity contribution in [3.63, 3.8) is 0 Å². The van der Waals surface area contributed by atoms with Gasteiger partial charge in [-0.1, -0.05) is 24.2 Å². The number of fused-ring (bicyclic) bond motifs is 1. The van der Waals surface area contributed by atoms with Gasteiger partial charge in [-0.25, -0.2) is 4.98 Å². The maximum atomic E-state index is 5.33. The first-order chi connectivity index (χ1) is 9.85. The van der Waals surface area contributed by atoms with E-state index in [0.29, 0.717) is 12.5 Å². The molecule has 0 unspecified atom stereocenters. The van der Waals surface area contributed by atoms with Gasteiger partial charge in [-0.15, -0.1) is 0 Å². The Morgan fingerprint density at radius 2 is 2.10 bits per heavy atom. The van der Waals surface area contributed by atoms with Crippen molar-refractivity contribution in [2.45, 2.75) is 38.6 Å². The van der Waals surface area contributed by atoms with Crippen molar-refractivity contribution in [1.82, 2.24) is 19.7 Å². The summed E-state index contributed by atoms with van der Waals surface area (Å²) in [5.41, 5.74) is 2.15. The summed E-state index contributed by atoms with van der Waals surface area (Å²) >= 11 is 0. The molecule has 1 aliphatic carbocycles. The zero-order valence-electron chi connectivity index (χ0n) is 11.4. The van der Waals surface area contributed by atoms with Gasteiger partial charge in [0.25, 0.3) is 0 Å². The Labute approximate surface area is 116 Å². The zero-order chi connectivity index (χ0) is 13.5. The molecule has 1 fully saturated rings. The van der Waals surface area contributed by atoms with Gasteiger partial charge in [-0.2, -0.15) is 4.98 Å². The van der Waals surface area contributed by atoms with Crippen LogP contribution in [0.3, 0.4) is 0 Å². The van der Waals surface area contributed by atoms with Gasteiger partial charge >= 0.3 is 0 Å². The highest BCUT2D eigenvalue weighted by Gasteiger charge is 2.29. The number of hydrogen-bond donors (Lipinski definition) is 0. The van der Waals surface area contributed by atoms with Crippen LogP contribution in [-0.4, -0.2) is 19.7 Å². The summed E-state index contributed by atoms with van der Waals surface area (Å²) in [5.74, 6) is 3.10. The Kier molecular flexibility index (Phi) is 2.58. The normalized spacial score (nSPS) is 15.1. The van der Waals surface area contributed by atoms with Crippen LogP contribution in [0.4, 0.5) is 0 Å². The summed E-state index contributed by atoms with van der Waals surface area (Å²) in [5, 5.41) is 4.10. The first-order valence-corrected chi connectivity index (χ1v) is 7.11. The molecule has 102 valence electrons. The number of imidazole rings is 1. The number of nitrogens with zero attached hydrogens (tertiary/aromatic N) is 4. The lowest BCUT2D eigenvalue weighted by molar-refractivity contribution is 0.373. The molecule has 0 spiro atoms. The summed E-state index contributed by atoms with van der Waals surface area (Å²) in [6.07, 6.45) is 3.24. The minimum Gasteiger partial charge on any atom is -0.339 e. The van der Waals surface area contributed by atoms with Crippen LogP contribution in [0.2, 0.25) is 0 Å². The van der Waals surface area contributed by atoms with E-state index >= 15 is 0 Å². The molecule has 1 aromatic carbocycles. The van der Waals surface area contributed by atoms with E-state index < -0.39 is 0 Å². The molecule has 3 aromatic rings. The van der Waals surface area contributed by atoms with Crippen LogP contribution in [0.5, 0.6) is 0 Å². The minimum atomic E-state index is 0.501. The van der Waals surface area contributed by atoms with Gasteiger partial charge in [0.2, 0.25) is 5.89 Å². The number of benzene rings is 1. The smallest absolute Gasteiger partial charge is 0.229 e. The van der Waals surface area contributed by atoms with E-state index in [4.69, 9.17) is 4.52 Å². The molecule has 1 aliphatic rings. The van der Waals surface area contributed by atoms with E-state index in [1.54, 1.807) is 0 Å². The van der Waals surface area contributed by atoms with Gasteiger partial charge in [-0.3, -0.25) is 0 Å². The molecule has 2 heterocycles. The summed E-state index contributed by atoms with van der Waals surface area (Å²) in [6.45, 7) is 2.74. The third-order valence-corrected chi connectivity index (χ3v) is 3.76. The Hall–Kier alpha value is -2.17. The first-order valence-electron chi connectivity index (χ1n) is 7.11. The number of rotatable bonds is 4. The largest absolute Gasteiger partial charge is 0.339 e. The molecule has 0 N–H and O–H groups in total. The second kappa shape index (κ2) is 4.44. The molecule has 0 radical (unpaired) electrons. The molecule has 0 atom stereocenters. The highest BCUT2D eigenvalue weighted by Crippen LogP contribution is 2.38. The lowest BCUT2D eigenvalue weighted by Gasteiger charge is -2.04. The van der Waals surface area contributed by atoms with Crippen LogP contribution >= 0.6 is 0 Å². The number of aryl methyl sites for hydroxylation is 1. The summed E-state index contributed by atoms with van der Waals surface area (Å²) < 4.78 is 7.51. The highest BCUT2D eigenvalue weighted by molar-refractivity contribution is 5.75. The summed E-state index contributed by atoms with van der Waals surface area (Å²) in [7, 11) is 0. The van der Waals surface area contributed by atoms with Crippen molar-refractivity contribution in [3.8, 4) is 0 Å². The average molecular weight is 268 g/mol. The number of para-hydroxylation sites is 2. The molecular weight excluding hydrogens is 252 g/mol. The molecule has 20 heavy (non-hydrogen) atoms. The van der Waals surface area contributed by atoms with Crippen molar-refractivity contribution < 1.29 is 4.52 Å². The van der Waals surface area contributed by atoms with E-state index in [0.717, 1.165) is 35.0 Å². The number of hydrogen-bond acceptors (Lipinski definition) is 4. The summed E-state index contributed by atoms with van der Waals surface area (Å²) in [6, 6.07) is 8.17. The van der Waals surface area contributed by atoms with Gasteiger partial charge in [0.1, 0.15) is 5.82 Å². The van der Waals surface area contributed by atoms with E-state index in [1.807, 2.05) is 18.2 Å². The maximum absolute atomic E-state index is 5.33. The molecule has 5 nitrogen and oxygen atoms in total. The second-order valence-corrected chi connectivity index (χ2v) is 5.28. The fourth-order valence-electron chi connectivity index (χ4n) is 2.54. The van der Waals surface area contributed by atoms with Crippen molar-refractivity contribution in [2.24, 2.45) is 0 Å². The molecule has 0 saturated heterocycles. The zero-order valence-corrected chi connectivity index (χ0v) is 11.4. The Morgan fingerprint density at radius 3 is 2.90 bits per heavy atom. The van der Waals surface area contributed by atoms with Crippen LogP contribution in [0, 0.1) is 0 Å². The minimum absolute atomic E-state index is 0.501. The molecule has 0 bridgehead atoms. The topological polar surface area (TPSA) is 56.7 Å². The molecule has 1 saturated carbocycles. The second-order valence-electron chi connectivity index (χ2n) is 5.28. The van der Waals surface area contributed by atoms with Gasteiger partial charge in [0, 0.05) is 12.3 Å². The van der Waals surface area contributed by atoms with E-state index in [2.05, 4.69) is 32.7 Å². The molecule has 0 amide bonds. The van der Waals surface area contributed by atoms with Crippen LogP contribution in [-0.2, 0) is 13.0 Å².